The van der Waals surface area contributed by atoms with Crippen molar-refractivity contribution in [1.82, 2.24) is 0 Å². The molecule has 0 aromatic heterocycles. The first-order valence-corrected chi connectivity index (χ1v) is 6.85. The Morgan fingerprint density at radius 3 is 2.43 bits per heavy atom. The monoisotopic (exact) mass is 292 g/mol. The molecular formula is C16H20O5. The fraction of sp³-hybridized carbons (Fsp3) is 0.438. The highest BCUT2D eigenvalue weighted by molar-refractivity contribution is 5.79. The molecule has 1 unspecified atom stereocenters. The zero-order valence-electron chi connectivity index (χ0n) is 12.5. The van der Waals surface area contributed by atoms with Gasteiger partial charge in [0.15, 0.2) is 0 Å². The molecule has 21 heavy (non-hydrogen) atoms. The summed E-state index contributed by atoms with van der Waals surface area (Å²) in [5.41, 5.74) is 0.698. The van der Waals surface area contributed by atoms with E-state index in [9.17, 15) is 4.79 Å². The molecule has 1 heterocycles. The molecular weight excluding hydrogens is 272 g/mol. The van der Waals surface area contributed by atoms with Gasteiger partial charge < -0.3 is 18.9 Å². The number of ether oxygens (including phenoxy) is 4. The van der Waals surface area contributed by atoms with Crippen molar-refractivity contribution in [2.75, 3.05) is 27.9 Å². The SMILES string of the molecule is CO/C(=C/C1CCCOC1=O)c1c(OC)cccc1OC. The fourth-order valence-corrected chi connectivity index (χ4v) is 2.38. The zero-order chi connectivity index (χ0) is 15.2. The minimum Gasteiger partial charge on any atom is -0.496 e. The van der Waals surface area contributed by atoms with Crippen LogP contribution in [0.5, 0.6) is 11.5 Å². The van der Waals surface area contributed by atoms with Crippen molar-refractivity contribution >= 4 is 11.7 Å². The van der Waals surface area contributed by atoms with E-state index >= 15 is 0 Å². The van der Waals surface area contributed by atoms with Gasteiger partial charge in [-0.1, -0.05) is 6.07 Å². The van der Waals surface area contributed by atoms with Crippen LogP contribution < -0.4 is 9.47 Å². The lowest BCUT2D eigenvalue weighted by Crippen LogP contribution is -2.22. The Morgan fingerprint density at radius 1 is 1.24 bits per heavy atom. The van der Waals surface area contributed by atoms with Crippen LogP contribution in [0.3, 0.4) is 0 Å². The summed E-state index contributed by atoms with van der Waals surface area (Å²) in [6, 6.07) is 5.48. The fourth-order valence-electron chi connectivity index (χ4n) is 2.38. The second kappa shape index (κ2) is 7.02. The van der Waals surface area contributed by atoms with Crippen molar-refractivity contribution in [3.63, 3.8) is 0 Å². The minimum absolute atomic E-state index is 0.218. The number of hydrogen-bond donors (Lipinski definition) is 0. The zero-order valence-corrected chi connectivity index (χ0v) is 12.5. The van der Waals surface area contributed by atoms with Gasteiger partial charge in [0.1, 0.15) is 22.8 Å². The first-order valence-electron chi connectivity index (χ1n) is 6.85. The lowest BCUT2D eigenvalue weighted by Gasteiger charge is -2.20. The van der Waals surface area contributed by atoms with E-state index < -0.39 is 0 Å². The Balaban J connectivity index is 2.43. The summed E-state index contributed by atoms with van der Waals surface area (Å²) in [6.45, 7) is 0.490. The molecule has 0 aliphatic carbocycles. The summed E-state index contributed by atoms with van der Waals surface area (Å²) in [4.78, 5) is 11.8. The second-order valence-electron chi connectivity index (χ2n) is 4.69. The Hall–Kier alpha value is -2.17. The van der Waals surface area contributed by atoms with E-state index in [2.05, 4.69) is 0 Å². The summed E-state index contributed by atoms with van der Waals surface area (Å²) in [6.07, 6.45) is 3.39. The van der Waals surface area contributed by atoms with Crippen molar-refractivity contribution in [2.45, 2.75) is 12.8 Å². The van der Waals surface area contributed by atoms with Crippen LogP contribution in [0.15, 0.2) is 24.3 Å². The van der Waals surface area contributed by atoms with Crippen LogP contribution in [0.2, 0.25) is 0 Å². The molecule has 114 valence electrons. The van der Waals surface area contributed by atoms with E-state index in [0.717, 1.165) is 12.8 Å². The normalized spacial score (nSPS) is 18.9. The number of esters is 1. The molecule has 1 fully saturated rings. The van der Waals surface area contributed by atoms with Crippen molar-refractivity contribution in [3.05, 3.63) is 29.8 Å². The molecule has 0 amide bonds. The molecule has 5 heteroatoms. The lowest BCUT2D eigenvalue weighted by molar-refractivity contribution is -0.150. The maximum absolute atomic E-state index is 11.8. The maximum atomic E-state index is 11.8. The van der Waals surface area contributed by atoms with Gasteiger partial charge in [-0.2, -0.15) is 0 Å². The molecule has 1 aromatic rings. The predicted molar refractivity (Wildman–Crippen MR) is 78.2 cm³/mol. The van der Waals surface area contributed by atoms with Crippen LogP contribution in [-0.4, -0.2) is 33.9 Å². The standard InChI is InChI=1S/C16H20O5/c1-18-12-7-4-8-13(19-2)15(12)14(20-3)10-11-6-5-9-21-16(11)17/h4,7-8,10-11H,5-6,9H2,1-3H3/b14-10+. The van der Waals surface area contributed by atoms with E-state index in [4.69, 9.17) is 18.9 Å². The largest absolute Gasteiger partial charge is 0.496 e. The molecule has 1 atom stereocenters. The third kappa shape index (κ3) is 3.29. The number of hydrogen-bond acceptors (Lipinski definition) is 5. The van der Waals surface area contributed by atoms with Gasteiger partial charge in [-0.3, -0.25) is 4.79 Å². The number of cyclic esters (lactones) is 1. The van der Waals surface area contributed by atoms with Crippen molar-refractivity contribution in [3.8, 4) is 11.5 Å². The van der Waals surface area contributed by atoms with Crippen LogP contribution in [0.1, 0.15) is 18.4 Å². The molecule has 1 aliphatic heterocycles. The van der Waals surface area contributed by atoms with Gasteiger partial charge in [-0.05, 0) is 31.1 Å². The van der Waals surface area contributed by atoms with Gasteiger partial charge in [-0.25, -0.2) is 0 Å². The Bertz CT molecular complexity index is 513. The highest BCUT2D eigenvalue weighted by Crippen LogP contribution is 2.36. The molecule has 1 aliphatic rings. The first kappa shape index (κ1) is 15.2. The smallest absolute Gasteiger partial charge is 0.312 e. The quantitative estimate of drug-likeness (QED) is 0.617. The Kier molecular flexibility index (Phi) is 5.09. The average Bonchev–Trinajstić information content (AvgIpc) is 2.53. The van der Waals surface area contributed by atoms with Gasteiger partial charge in [0.05, 0.1) is 33.9 Å². The van der Waals surface area contributed by atoms with Gasteiger partial charge in [0.2, 0.25) is 0 Å². The number of rotatable bonds is 5. The summed E-state index contributed by atoms with van der Waals surface area (Å²) in [7, 11) is 4.73. The Morgan fingerprint density at radius 2 is 1.90 bits per heavy atom. The van der Waals surface area contributed by atoms with Crippen LogP contribution in [-0.2, 0) is 14.3 Å². The third-order valence-electron chi connectivity index (χ3n) is 3.45. The van der Waals surface area contributed by atoms with Crippen molar-refractivity contribution in [2.24, 2.45) is 5.92 Å². The number of carbonyl (C=O) groups excluding carboxylic acids is 1. The number of methoxy groups -OCH3 is 3. The molecule has 5 nitrogen and oxygen atoms in total. The third-order valence-corrected chi connectivity index (χ3v) is 3.45. The van der Waals surface area contributed by atoms with Crippen LogP contribution in [0, 0.1) is 5.92 Å². The van der Waals surface area contributed by atoms with Crippen LogP contribution >= 0.6 is 0 Å². The van der Waals surface area contributed by atoms with Gasteiger partial charge >= 0.3 is 5.97 Å². The molecule has 1 aromatic carbocycles. The molecule has 0 bridgehead atoms. The molecule has 0 saturated carbocycles. The topological polar surface area (TPSA) is 54.0 Å². The molecule has 0 spiro atoms. The minimum atomic E-state index is -0.302. The van der Waals surface area contributed by atoms with E-state index in [0.29, 0.717) is 29.4 Å². The van der Waals surface area contributed by atoms with E-state index in [1.807, 2.05) is 18.2 Å². The van der Waals surface area contributed by atoms with Crippen LogP contribution in [0.25, 0.3) is 5.76 Å². The van der Waals surface area contributed by atoms with E-state index in [1.165, 1.54) is 0 Å². The van der Waals surface area contributed by atoms with Gasteiger partial charge in [0, 0.05) is 0 Å². The summed E-state index contributed by atoms with van der Waals surface area (Å²) in [5, 5.41) is 0. The maximum Gasteiger partial charge on any atom is 0.312 e. The number of carbonyl (C=O) groups is 1. The van der Waals surface area contributed by atoms with Crippen molar-refractivity contribution in [1.29, 1.82) is 0 Å². The molecule has 0 radical (unpaired) electrons. The summed E-state index contributed by atoms with van der Waals surface area (Å²) in [5.74, 6) is 1.29. The van der Waals surface area contributed by atoms with Gasteiger partial charge in [-0.15, -0.1) is 0 Å². The predicted octanol–water partition coefficient (Wildman–Crippen LogP) is 2.64. The van der Waals surface area contributed by atoms with Crippen molar-refractivity contribution < 1.29 is 23.7 Å². The molecule has 0 N–H and O–H groups in total. The average molecular weight is 292 g/mol. The first-order chi connectivity index (χ1) is 10.2. The molecule has 2 rings (SSSR count). The highest BCUT2D eigenvalue weighted by Gasteiger charge is 2.25. The lowest BCUT2D eigenvalue weighted by atomic mass is 9.98. The Labute approximate surface area is 124 Å². The number of benzene rings is 1. The van der Waals surface area contributed by atoms with Gasteiger partial charge in [0.25, 0.3) is 0 Å². The highest BCUT2D eigenvalue weighted by atomic mass is 16.5. The second-order valence-corrected chi connectivity index (χ2v) is 4.69. The molecule has 1 saturated heterocycles. The van der Waals surface area contributed by atoms with Crippen LogP contribution in [0.4, 0.5) is 0 Å². The van der Waals surface area contributed by atoms with E-state index in [-0.39, 0.29) is 11.9 Å². The summed E-state index contributed by atoms with van der Waals surface area (Å²) < 4.78 is 21.3. The van der Waals surface area contributed by atoms with E-state index in [1.54, 1.807) is 27.4 Å². The summed E-state index contributed by atoms with van der Waals surface area (Å²) >= 11 is 0.